The Morgan fingerprint density at radius 1 is 1.30 bits per heavy atom. The largest absolute Gasteiger partial charge is 0.271 e. The molecule has 0 aromatic heterocycles. The Hall–Kier alpha value is -1.44. The van der Waals surface area contributed by atoms with Crippen LogP contribution in [0.4, 0.5) is 0 Å². The van der Waals surface area contributed by atoms with Crippen molar-refractivity contribution in [3.05, 3.63) is 28.8 Å². The van der Waals surface area contributed by atoms with E-state index in [4.69, 9.17) is 16.7 Å². The Labute approximate surface area is 142 Å². The molecule has 0 radical (unpaired) electrons. The number of sulfonamides is 1. The monoisotopic (exact) mass is 359 g/mol. The summed E-state index contributed by atoms with van der Waals surface area (Å²) in [5, 5.41) is 8.86. The summed E-state index contributed by atoms with van der Waals surface area (Å²) in [6.45, 7) is 2.16. The number of hydrazone groups is 1. The second-order valence-corrected chi connectivity index (χ2v) is 7.08. The topological polar surface area (TPSA) is 102 Å². The number of nitrogens with zero attached hydrogens (tertiary/aromatic N) is 1. The Morgan fingerprint density at radius 3 is 2.65 bits per heavy atom. The fraction of sp³-hybridized carbons (Fsp3) is 0.467. The van der Waals surface area contributed by atoms with Gasteiger partial charge in [0.1, 0.15) is 4.90 Å². The van der Waals surface area contributed by atoms with Gasteiger partial charge in [0.05, 0.1) is 5.02 Å². The molecule has 8 heteroatoms. The first-order valence-electron chi connectivity index (χ1n) is 7.50. The zero-order valence-corrected chi connectivity index (χ0v) is 14.7. The Balaban J connectivity index is 2.53. The van der Waals surface area contributed by atoms with E-state index in [1.54, 1.807) is 6.21 Å². The highest BCUT2D eigenvalue weighted by molar-refractivity contribution is 7.89. The van der Waals surface area contributed by atoms with Crippen LogP contribution in [0.2, 0.25) is 5.02 Å². The van der Waals surface area contributed by atoms with E-state index in [2.05, 4.69) is 17.5 Å². The molecule has 1 rings (SSSR count). The third kappa shape index (κ3) is 7.11. The molecule has 0 spiro atoms. The highest BCUT2D eigenvalue weighted by Crippen LogP contribution is 2.21. The molecule has 0 saturated carbocycles. The Morgan fingerprint density at radius 2 is 2.00 bits per heavy atom. The molecule has 0 aliphatic carbocycles. The van der Waals surface area contributed by atoms with Gasteiger partial charge >= 0.3 is 0 Å². The smallest absolute Gasteiger partial charge is 0.267 e. The van der Waals surface area contributed by atoms with Crippen LogP contribution in [-0.2, 0) is 10.0 Å². The van der Waals surface area contributed by atoms with Crippen molar-refractivity contribution in [3.8, 4) is 0 Å². The van der Waals surface area contributed by atoms with Gasteiger partial charge < -0.3 is 0 Å². The van der Waals surface area contributed by atoms with Crippen LogP contribution in [0.1, 0.15) is 55.8 Å². The fourth-order valence-corrected chi connectivity index (χ4v) is 3.01. The van der Waals surface area contributed by atoms with Crippen molar-refractivity contribution < 1.29 is 13.2 Å². The molecule has 1 aromatic carbocycles. The fourth-order valence-electron chi connectivity index (χ4n) is 1.94. The molecule has 6 nitrogen and oxygen atoms in total. The number of hydrogen-bond donors (Lipinski definition) is 2. The average molecular weight is 360 g/mol. The third-order valence-electron chi connectivity index (χ3n) is 3.19. The minimum absolute atomic E-state index is 0.0281. The standard InChI is InChI=1S/C15H22ClN3O3S/c1-2-3-4-5-6-7-10-18-19-15(20)12-8-9-13(16)14(11-12)23(17,21)22/h8-11H,2-7H2,1H3,(H,19,20)(H2,17,21,22)/b18-10+. The number of carbonyl (C=O) groups is 1. The maximum atomic E-state index is 11.9. The van der Waals surface area contributed by atoms with Gasteiger partial charge in [-0.15, -0.1) is 0 Å². The minimum Gasteiger partial charge on any atom is -0.267 e. The first kappa shape index (κ1) is 19.6. The molecule has 1 aromatic rings. The van der Waals surface area contributed by atoms with Crippen LogP contribution < -0.4 is 10.6 Å². The molecule has 0 saturated heterocycles. The van der Waals surface area contributed by atoms with E-state index in [0.717, 1.165) is 25.3 Å². The second kappa shape index (κ2) is 9.64. The lowest BCUT2D eigenvalue weighted by atomic mass is 10.1. The molecule has 0 unspecified atom stereocenters. The van der Waals surface area contributed by atoms with Crippen LogP contribution in [0.5, 0.6) is 0 Å². The van der Waals surface area contributed by atoms with Crippen LogP contribution >= 0.6 is 11.6 Å². The summed E-state index contributed by atoms with van der Waals surface area (Å²) < 4.78 is 22.7. The summed E-state index contributed by atoms with van der Waals surface area (Å²) in [4.78, 5) is 11.6. The van der Waals surface area contributed by atoms with E-state index < -0.39 is 15.9 Å². The van der Waals surface area contributed by atoms with Gasteiger partial charge in [0.15, 0.2) is 0 Å². The number of nitrogens with one attached hydrogen (secondary N) is 1. The summed E-state index contributed by atoms with van der Waals surface area (Å²) in [6.07, 6.45) is 8.23. The number of rotatable bonds is 9. The van der Waals surface area contributed by atoms with E-state index in [0.29, 0.717) is 0 Å². The predicted octanol–water partition coefficient (Wildman–Crippen LogP) is 3.06. The number of hydrogen-bond acceptors (Lipinski definition) is 4. The normalized spacial score (nSPS) is 11.8. The van der Waals surface area contributed by atoms with Crippen LogP contribution in [0.15, 0.2) is 28.2 Å². The van der Waals surface area contributed by atoms with E-state index in [1.165, 1.54) is 31.4 Å². The molecular weight excluding hydrogens is 338 g/mol. The van der Waals surface area contributed by atoms with Gasteiger partial charge in [0.2, 0.25) is 10.0 Å². The molecular formula is C15H22ClN3O3S. The number of nitrogens with two attached hydrogens (primary N) is 1. The molecule has 23 heavy (non-hydrogen) atoms. The maximum Gasteiger partial charge on any atom is 0.271 e. The third-order valence-corrected chi connectivity index (χ3v) is 4.59. The molecule has 0 aliphatic rings. The molecule has 128 valence electrons. The lowest BCUT2D eigenvalue weighted by Crippen LogP contribution is -2.19. The van der Waals surface area contributed by atoms with Gasteiger partial charge in [0.25, 0.3) is 5.91 Å². The van der Waals surface area contributed by atoms with Crippen molar-refractivity contribution in [1.82, 2.24) is 5.43 Å². The first-order valence-corrected chi connectivity index (χ1v) is 9.43. The van der Waals surface area contributed by atoms with Crippen LogP contribution in [0.3, 0.4) is 0 Å². The van der Waals surface area contributed by atoms with Gasteiger partial charge in [-0.2, -0.15) is 5.10 Å². The molecule has 0 bridgehead atoms. The van der Waals surface area contributed by atoms with E-state index in [9.17, 15) is 13.2 Å². The van der Waals surface area contributed by atoms with E-state index >= 15 is 0 Å². The quantitative estimate of drug-likeness (QED) is 0.402. The lowest BCUT2D eigenvalue weighted by molar-refractivity contribution is 0.0955. The predicted molar refractivity (Wildman–Crippen MR) is 92.2 cm³/mol. The molecule has 1 amide bonds. The Kier molecular flexibility index (Phi) is 8.22. The van der Waals surface area contributed by atoms with Crippen molar-refractivity contribution in [2.75, 3.05) is 0 Å². The maximum absolute atomic E-state index is 11.9. The number of benzene rings is 1. The summed E-state index contributed by atoms with van der Waals surface area (Å²) >= 11 is 5.76. The van der Waals surface area contributed by atoms with Gasteiger partial charge in [-0.05, 0) is 31.0 Å². The number of unbranched alkanes of at least 4 members (excludes halogenated alkanes) is 5. The molecule has 0 fully saturated rings. The zero-order chi connectivity index (χ0) is 17.3. The molecule has 3 N–H and O–H groups in total. The van der Waals surface area contributed by atoms with Crippen molar-refractivity contribution >= 4 is 33.7 Å². The summed E-state index contributed by atoms with van der Waals surface area (Å²) in [5.74, 6) is -0.520. The summed E-state index contributed by atoms with van der Waals surface area (Å²) in [5.41, 5.74) is 2.47. The number of halogens is 1. The SMILES string of the molecule is CCCCCCC/C=N/NC(=O)c1ccc(Cl)c(S(N)(=O)=O)c1. The van der Waals surface area contributed by atoms with Crippen LogP contribution in [0.25, 0.3) is 0 Å². The average Bonchev–Trinajstić information content (AvgIpc) is 2.49. The van der Waals surface area contributed by atoms with E-state index in [1.807, 2.05) is 0 Å². The number of amides is 1. The van der Waals surface area contributed by atoms with Crippen molar-refractivity contribution in [1.29, 1.82) is 0 Å². The lowest BCUT2D eigenvalue weighted by Gasteiger charge is -2.05. The number of carbonyl (C=O) groups excluding carboxylic acids is 1. The Bertz CT molecular complexity index is 660. The zero-order valence-electron chi connectivity index (χ0n) is 13.1. The first-order chi connectivity index (χ1) is 10.9. The van der Waals surface area contributed by atoms with Gasteiger partial charge in [-0.25, -0.2) is 19.0 Å². The van der Waals surface area contributed by atoms with E-state index in [-0.39, 0.29) is 15.5 Å². The minimum atomic E-state index is -3.98. The molecule has 0 atom stereocenters. The van der Waals surface area contributed by atoms with Gasteiger partial charge in [-0.3, -0.25) is 4.79 Å². The summed E-state index contributed by atoms with van der Waals surface area (Å²) in [7, 11) is -3.98. The summed E-state index contributed by atoms with van der Waals surface area (Å²) in [6, 6.07) is 3.85. The number of primary sulfonamides is 1. The molecule has 0 aliphatic heterocycles. The molecule has 0 heterocycles. The van der Waals surface area contributed by atoms with Crippen molar-refractivity contribution in [2.24, 2.45) is 10.2 Å². The van der Waals surface area contributed by atoms with Gasteiger partial charge in [-0.1, -0.05) is 44.2 Å². The highest BCUT2D eigenvalue weighted by atomic mass is 35.5. The van der Waals surface area contributed by atoms with Gasteiger partial charge in [0, 0.05) is 11.8 Å². The highest BCUT2D eigenvalue weighted by Gasteiger charge is 2.16. The van der Waals surface area contributed by atoms with Crippen molar-refractivity contribution in [3.63, 3.8) is 0 Å². The van der Waals surface area contributed by atoms with Crippen LogP contribution in [0, 0.1) is 0 Å². The van der Waals surface area contributed by atoms with Crippen LogP contribution in [-0.4, -0.2) is 20.5 Å². The van der Waals surface area contributed by atoms with Crippen molar-refractivity contribution in [2.45, 2.75) is 50.3 Å². The second-order valence-electron chi connectivity index (χ2n) is 5.15.